The van der Waals surface area contributed by atoms with Gasteiger partial charge < -0.3 is 14.8 Å². The summed E-state index contributed by atoms with van der Waals surface area (Å²) < 4.78 is 24.7. The Morgan fingerprint density at radius 1 is 1.44 bits per heavy atom. The first-order chi connectivity index (χ1) is 8.69. The molecule has 100 valence electrons. The summed E-state index contributed by atoms with van der Waals surface area (Å²) in [6.45, 7) is 1.34. The maximum atomic E-state index is 13.0. The van der Waals surface area contributed by atoms with Crippen molar-refractivity contribution in [3.8, 4) is 0 Å². The second-order valence-electron chi connectivity index (χ2n) is 4.33. The van der Waals surface area contributed by atoms with Gasteiger partial charge in [-0.15, -0.1) is 0 Å². The molecule has 0 aliphatic carbocycles. The molecule has 3 nitrogen and oxygen atoms in total. The minimum absolute atomic E-state index is 0.123. The minimum atomic E-state index is -0.228. The van der Waals surface area contributed by atoms with Crippen LogP contribution in [0.2, 0.25) is 0 Å². The molecular weight excluding hydrogens is 301 g/mol. The largest absolute Gasteiger partial charge is 0.350 e. The van der Waals surface area contributed by atoms with E-state index in [0.717, 1.165) is 22.9 Å². The summed E-state index contributed by atoms with van der Waals surface area (Å²) in [6.07, 6.45) is 1.47. The molecule has 0 bridgehead atoms. The fourth-order valence-electron chi connectivity index (χ4n) is 2.03. The number of ether oxygens (including phenoxy) is 2. The summed E-state index contributed by atoms with van der Waals surface area (Å²) in [6, 6.07) is 5.02. The van der Waals surface area contributed by atoms with Crippen molar-refractivity contribution in [3.05, 3.63) is 34.1 Å². The Kier molecular flexibility index (Phi) is 5.12. The molecule has 0 radical (unpaired) electrons. The topological polar surface area (TPSA) is 30.5 Å². The van der Waals surface area contributed by atoms with Crippen LogP contribution in [0.5, 0.6) is 0 Å². The van der Waals surface area contributed by atoms with Gasteiger partial charge in [-0.3, -0.25) is 0 Å². The minimum Gasteiger partial charge on any atom is -0.350 e. The van der Waals surface area contributed by atoms with E-state index in [4.69, 9.17) is 9.47 Å². The lowest BCUT2D eigenvalue weighted by Crippen LogP contribution is -2.32. The average molecular weight is 318 g/mol. The van der Waals surface area contributed by atoms with E-state index in [1.807, 2.05) is 7.05 Å². The molecular formula is C13H17BrFNO2. The van der Waals surface area contributed by atoms with E-state index in [9.17, 15) is 4.39 Å². The lowest BCUT2D eigenvalue weighted by atomic mass is 10.0. The van der Waals surface area contributed by atoms with Gasteiger partial charge in [0.25, 0.3) is 0 Å². The highest BCUT2D eigenvalue weighted by molar-refractivity contribution is 9.10. The van der Waals surface area contributed by atoms with Crippen LogP contribution in [-0.4, -0.2) is 32.6 Å². The molecule has 0 spiro atoms. The third-order valence-electron chi connectivity index (χ3n) is 3.06. The van der Waals surface area contributed by atoms with Crippen molar-refractivity contribution in [1.29, 1.82) is 0 Å². The molecule has 0 amide bonds. The molecule has 0 saturated carbocycles. The van der Waals surface area contributed by atoms with E-state index >= 15 is 0 Å². The van der Waals surface area contributed by atoms with Crippen molar-refractivity contribution in [2.24, 2.45) is 0 Å². The Morgan fingerprint density at radius 3 is 2.78 bits per heavy atom. The molecule has 1 heterocycles. The van der Waals surface area contributed by atoms with Crippen LogP contribution in [-0.2, 0) is 15.9 Å². The number of hydrogen-bond acceptors (Lipinski definition) is 3. The Bertz CT molecular complexity index is 397. The fourth-order valence-corrected chi connectivity index (χ4v) is 2.54. The van der Waals surface area contributed by atoms with E-state index in [1.165, 1.54) is 12.1 Å². The van der Waals surface area contributed by atoms with Crippen LogP contribution in [0.15, 0.2) is 22.7 Å². The highest BCUT2D eigenvalue weighted by atomic mass is 79.9. The van der Waals surface area contributed by atoms with E-state index < -0.39 is 0 Å². The molecule has 1 aromatic rings. The first-order valence-corrected chi connectivity index (χ1v) is 6.82. The van der Waals surface area contributed by atoms with Gasteiger partial charge in [0, 0.05) is 16.9 Å². The van der Waals surface area contributed by atoms with E-state index in [-0.39, 0.29) is 18.1 Å². The monoisotopic (exact) mass is 317 g/mol. The van der Waals surface area contributed by atoms with Gasteiger partial charge in [0.2, 0.25) is 0 Å². The van der Waals surface area contributed by atoms with Crippen molar-refractivity contribution in [2.75, 3.05) is 20.3 Å². The van der Waals surface area contributed by atoms with Crippen molar-refractivity contribution < 1.29 is 13.9 Å². The summed E-state index contributed by atoms with van der Waals surface area (Å²) in [5, 5.41) is 3.24. The smallest absolute Gasteiger partial charge is 0.159 e. The van der Waals surface area contributed by atoms with Crippen molar-refractivity contribution >= 4 is 15.9 Å². The van der Waals surface area contributed by atoms with Crippen molar-refractivity contribution in [2.45, 2.75) is 25.2 Å². The SMILES string of the molecule is CNC(Cc1ccc(F)cc1Br)CC1OCCO1. The van der Waals surface area contributed by atoms with Crippen molar-refractivity contribution in [3.63, 3.8) is 0 Å². The number of likely N-dealkylation sites (N-methyl/N-ethyl adjacent to an activating group) is 1. The van der Waals surface area contributed by atoms with E-state index in [0.29, 0.717) is 13.2 Å². The predicted molar refractivity (Wildman–Crippen MR) is 71.0 cm³/mol. The molecule has 1 aliphatic heterocycles. The van der Waals surface area contributed by atoms with Crippen LogP contribution in [0.3, 0.4) is 0 Å². The van der Waals surface area contributed by atoms with Gasteiger partial charge in [0.15, 0.2) is 6.29 Å². The number of halogens is 2. The second-order valence-corrected chi connectivity index (χ2v) is 5.19. The Hall–Kier alpha value is -0.490. The molecule has 1 aliphatic rings. The van der Waals surface area contributed by atoms with E-state index in [2.05, 4.69) is 21.2 Å². The van der Waals surface area contributed by atoms with Gasteiger partial charge in [-0.2, -0.15) is 0 Å². The number of nitrogens with one attached hydrogen (secondary N) is 1. The summed E-state index contributed by atoms with van der Waals surface area (Å²) in [5.74, 6) is -0.228. The second kappa shape index (κ2) is 6.61. The van der Waals surface area contributed by atoms with Gasteiger partial charge in [-0.1, -0.05) is 22.0 Å². The molecule has 1 atom stereocenters. The molecule has 1 fully saturated rings. The molecule has 18 heavy (non-hydrogen) atoms. The van der Waals surface area contributed by atoms with Crippen molar-refractivity contribution in [1.82, 2.24) is 5.32 Å². The van der Waals surface area contributed by atoms with Gasteiger partial charge >= 0.3 is 0 Å². The van der Waals surface area contributed by atoms with Gasteiger partial charge in [0.05, 0.1) is 13.2 Å². The van der Waals surface area contributed by atoms with Crippen LogP contribution in [0, 0.1) is 5.82 Å². The first kappa shape index (κ1) is 13.9. The third kappa shape index (κ3) is 3.75. The molecule has 1 aromatic carbocycles. The molecule has 5 heteroatoms. The number of rotatable bonds is 5. The van der Waals surface area contributed by atoms with Crippen LogP contribution in [0.1, 0.15) is 12.0 Å². The standard InChI is InChI=1S/C13H17BrFNO2/c1-16-11(8-13-17-4-5-18-13)6-9-2-3-10(15)7-12(9)14/h2-3,7,11,13,16H,4-6,8H2,1H3. The van der Waals surface area contributed by atoms with Gasteiger partial charge in [-0.05, 0) is 31.2 Å². The molecule has 1 unspecified atom stereocenters. The molecule has 1 N–H and O–H groups in total. The lowest BCUT2D eigenvalue weighted by molar-refractivity contribution is -0.0522. The highest BCUT2D eigenvalue weighted by Crippen LogP contribution is 2.21. The average Bonchev–Trinajstić information content (AvgIpc) is 2.84. The summed E-state index contributed by atoms with van der Waals surface area (Å²) in [7, 11) is 1.91. The first-order valence-electron chi connectivity index (χ1n) is 6.03. The molecule has 0 aromatic heterocycles. The highest BCUT2D eigenvalue weighted by Gasteiger charge is 2.21. The van der Waals surface area contributed by atoms with Gasteiger partial charge in [-0.25, -0.2) is 4.39 Å². The maximum Gasteiger partial charge on any atom is 0.159 e. The third-order valence-corrected chi connectivity index (χ3v) is 3.80. The Morgan fingerprint density at radius 2 is 2.17 bits per heavy atom. The van der Waals surface area contributed by atoms with Crippen LogP contribution in [0.4, 0.5) is 4.39 Å². The number of hydrogen-bond donors (Lipinski definition) is 1. The normalized spacial score (nSPS) is 18.2. The fraction of sp³-hybridized carbons (Fsp3) is 0.538. The lowest BCUT2D eigenvalue weighted by Gasteiger charge is -2.20. The zero-order valence-corrected chi connectivity index (χ0v) is 11.9. The van der Waals surface area contributed by atoms with Gasteiger partial charge in [0.1, 0.15) is 5.82 Å². The zero-order chi connectivity index (χ0) is 13.0. The quantitative estimate of drug-likeness (QED) is 0.905. The maximum absolute atomic E-state index is 13.0. The zero-order valence-electron chi connectivity index (χ0n) is 10.3. The molecule has 2 rings (SSSR count). The van der Waals surface area contributed by atoms with E-state index in [1.54, 1.807) is 6.07 Å². The molecule has 1 saturated heterocycles. The predicted octanol–water partition coefficient (Wildman–Crippen LogP) is 2.48. The summed E-state index contributed by atoms with van der Waals surface area (Å²) in [4.78, 5) is 0. The number of benzene rings is 1. The summed E-state index contributed by atoms with van der Waals surface area (Å²) in [5.41, 5.74) is 1.08. The van der Waals surface area contributed by atoms with Crippen LogP contribution >= 0.6 is 15.9 Å². The van der Waals surface area contributed by atoms with Crippen LogP contribution in [0.25, 0.3) is 0 Å². The summed E-state index contributed by atoms with van der Waals surface area (Å²) >= 11 is 3.39. The van der Waals surface area contributed by atoms with Crippen LogP contribution < -0.4 is 5.32 Å². The Labute approximate surface area is 115 Å². The Balaban J connectivity index is 1.96.